The first kappa shape index (κ1) is 14.6. The molecule has 0 amide bonds. The largest absolute Gasteiger partial charge is 0.488 e. The summed E-state index contributed by atoms with van der Waals surface area (Å²) in [7, 11) is 5.32. The van der Waals surface area contributed by atoms with E-state index in [9.17, 15) is 4.79 Å². The van der Waals surface area contributed by atoms with Crippen molar-refractivity contribution in [3.8, 4) is 5.75 Å². The molecule has 0 N–H and O–H groups in total. The van der Waals surface area contributed by atoms with Gasteiger partial charge in [0.15, 0.2) is 0 Å². The van der Waals surface area contributed by atoms with Crippen LogP contribution in [0.2, 0.25) is 6.32 Å². The summed E-state index contributed by atoms with van der Waals surface area (Å²) in [5.41, 5.74) is 0.275. The Kier molecular flexibility index (Phi) is 5.26. The third-order valence-electron chi connectivity index (χ3n) is 2.10. The van der Waals surface area contributed by atoms with Gasteiger partial charge in [0.1, 0.15) is 11.4 Å². The second-order valence-corrected chi connectivity index (χ2v) is 5.02. The summed E-state index contributed by atoms with van der Waals surface area (Å²) in [5, 5.41) is 0. The van der Waals surface area contributed by atoms with Crippen molar-refractivity contribution in [2.45, 2.75) is 39.1 Å². The first-order valence-electron chi connectivity index (χ1n) is 6.08. The van der Waals surface area contributed by atoms with Crippen molar-refractivity contribution in [3.63, 3.8) is 0 Å². The summed E-state index contributed by atoms with van der Waals surface area (Å²) in [4.78, 5) is 11.6. The molecule has 0 heterocycles. The minimum atomic E-state index is -0.328. The SMILES string of the molecule is [B]CCCOC(=O)c1ccc(OC(C)(C)C)cc1. The Morgan fingerprint density at radius 3 is 2.33 bits per heavy atom. The van der Waals surface area contributed by atoms with Gasteiger partial charge < -0.3 is 9.47 Å². The summed E-state index contributed by atoms with van der Waals surface area (Å²) in [6.45, 7) is 6.28. The highest BCUT2D eigenvalue weighted by atomic mass is 16.5. The lowest BCUT2D eigenvalue weighted by atomic mass is 10.0. The topological polar surface area (TPSA) is 35.5 Å². The predicted octanol–water partition coefficient (Wildman–Crippen LogP) is 3.00. The molecule has 0 aliphatic carbocycles. The predicted molar refractivity (Wildman–Crippen MR) is 72.3 cm³/mol. The molecular weight excluding hydrogens is 227 g/mol. The Labute approximate surface area is 110 Å². The number of carbonyl (C=O) groups excluding carboxylic acids is 1. The number of hydrogen-bond donors (Lipinski definition) is 0. The van der Waals surface area contributed by atoms with E-state index in [0.717, 1.165) is 5.75 Å². The molecule has 0 atom stereocenters. The molecule has 0 unspecified atom stereocenters. The zero-order chi connectivity index (χ0) is 13.6. The van der Waals surface area contributed by atoms with Crippen LogP contribution in [0.15, 0.2) is 24.3 Å². The highest BCUT2D eigenvalue weighted by Gasteiger charge is 2.12. The Bertz CT molecular complexity index is 379. The maximum Gasteiger partial charge on any atom is 0.338 e. The first-order chi connectivity index (χ1) is 8.42. The summed E-state index contributed by atoms with van der Waals surface area (Å²) in [6.07, 6.45) is 1.20. The molecule has 96 valence electrons. The Balaban J connectivity index is 2.57. The smallest absolute Gasteiger partial charge is 0.338 e. The van der Waals surface area contributed by atoms with Crippen LogP contribution in [0, 0.1) is 0 Å². The fourth-order valence-corrected chi connectivity index (χ4v) is 1.34. The lowest BCUT2D eigenvalue weighted by Crippen LogP contribution is -2.22. The monoisotopic (exact) mass is 246 g/mol. The molecule has 0 fully saturated rings. The van der Waals surface area contributed by atoms with Crippen molar-refractivity contribution < 1.29 is 14.3 Å². The summed E-state index contributed by atoms with van der Waals surface area (Å²) in [5.74, 6) is 0.409. The molecule has 0 aliphatic rings. The molecule has 0 saturated heterocycles. The average Bonchev–Trinajstić information content (AvgIpc) is 2.28. The van der Waals surface area contributed by atoms with E-state index in [1.807, 2.05) is 20.8 Å². The van der Waals surface area contributed by atoms with Crippen LogP contribution in [-0.2, 0) is 4.74 Å². The van der Waals surface area contributed by atoms with Gasteiger partial charge in [0.2, 0.25) is 0 Å². The normalized spacial score (nSPS) is 11.1. The van der Waals surface area contributed by atoms with E-state index in [2.05, 4.69) is 0 Å². The van der Waals surface area contributed by atoms with Crippen LogP contribution in [0.1, 0.15) is 37.6 Å². The van der Waals surface area contributed by atoms with Crippen LogP contribution < -0.4 is 4.74 Å². The molecule has 1 aromatic carbocycles. The minimum Gasteiger partial charge on any atom is -0.488 e. The first-order valence-corrected chi connectivity index (χ1v) is 6.08. The van der Waals surface area contributed by atoms with E-state index in [-0.39, 0.29) is 11.6 Å². The number of benzene rings is 1. The van der Waals surface area contributed by atoms with E-state index in [1.165, 1.54) is 0 Å². The lowest BCUT2D eigenvalue weighted by Gasteiger charge is -2.21. The lowest BCUT2D eigenvalue weighted by molar-refractivity contribution is 0.0505. The fraction of sp³-hybridized carbons (Fsp3) is 0.500. The molecule has 0 aliphatic heterocycles. The molecule has 4 heteroatoms. The average molecular weight is 246 g/mol. The number of hydrogen-bond acceptors (Lipinski definition) is 3. The highest BCUT2D eigenvalue weighted by Crippen LogP contribution is 2.18. The van der Waals surface area contributed by atoms with Gasteiger partial charge in [-0.1, -0.05) is 6.32 Å². The molecule has 0 saturated carbocycles. The van der Waals surface area contributed by atoms with Crippen molar-refractivity contribution in [3.05, 3.63) is 29.8 Å². The van der Waals surface area contributed by atoms with Crippen LogP contribution in [0.5, 0.6) is 5.75 Å². The van der Waals surface area contributed by atoms with Crippen molar-refractivity contribution in [2.75, 3.05) is 6.61 Å². The van der Waals surface area contributed by atoms with E-state index in [0.29, 0.717) is 24.9 Å². The van der Waals surface area contributed by atoms with Gasteiger partial charge in [0.25, 0.3) is 0 Å². The van der Waals surface area contributed by atoms with Gasteiger partial charge in [0.05, 0.1) is 20.0 Å². The molecule has 0 aromatic heterocycles. The van der Waals surface area contributed by atoms with Crippen LogP contribution in [-0.4, -0.2) is 26.0 Å². The summed E-state index contributed by atoms with van der Waals surface area (Å²) >= 11 is 0. The number of rotatable bonds is 5. The molecular formula is C14H19BO3. The minimum absolute atomic E-state index is 0.247. The van der Waals surface area contributed by atoms with Gasteiger partial charge in [-0.25, -0.2) is 4.79 Å². The molecule has 3 nitrogen and oxygen atoms in total. The summed E-state index contributed by atoms with van der Waals surface area (Å²) in [6, 6.07) is 6.94. The quantitative estimate of drug-likeness (QED) is 0.455. The van der Waals surface area contributed by atoms with Crippen LogP contribution in [0.25, 0.3) is 0 Å². The van der Waals surface area contributed by atoms with Gasteiger partial charge in [-0.05, 0) is 51.5 Å². The third kappa shape index (κ3) is 5.26. The molecule has 0 spiro atoms. The fourth-order valence-electron chi connectivity index (χ4n) is 1.34. The number of esters is 1. The number of ether oxygens (including phenoxy) is 2. The Morgan fingerprint density at radius 2 is 1.83 bits per heavy atom. The van der Waals surface area contributed by atoms with E-state index < -0.39 is 0 Å². The number of carbonyl (C=O) groups is 1. The second kappa shape index (κ2) is 6.48. The van der Waals surface area contributed by atoms with Crippen molar-refractivity contribution >= 4 is 13.8 Å². The van der Waals surface area contributed by atoms with Gasteiger partial charge in [-0.3, -0.25) is 0 Å². The molecule has 18 heavy (non-hydrogen) atoms. The van der Waals surface area contributed by atoms with Crippen LogP contribution in [0.4, 0.5) is 0 Å². The van der Waals surface area contributed by atoms with E-state index in [4.69, 9.17) is 17.3 Å². The summed E-state index contributed by atoms with van der Waals surface area (Å²) < 4.78 is 10.7. The van der Waals surface area contributed by atoms with Gasteiger partial charge >= 0.3 is 5.97 Å². The van der Waals surface area contributed by atoms with Crippen molar-refractivity contribution in [2.24, 2.45) is 0 Å². The zero-order valence-corrected chi connectivity index (χ0v) is 11.2. The maximum atomic E-state index is 11.6. The maximum absolute atomic E-state index is 11.6. The molecule has 1 aromatic rings. The molecule has 0 bridgehead atoms. The molecule has 2 radical (unpaired) electrons. The van der Waals surface area contributed by atoms with E-state index in [1.54, 1.807) is 24.3 Å². The van der Waals surface area contributed by atoms with Gasteiger partial charge in [0, 0.05) is 0 Å². The van der Waals surface area contributed by atoms with Gasteiger partial charge in [-0.15, -0.1) is 0 Å². The van der Waals surface area contributed by atoms with E-state index >= 15 is 0 Å². The van der Waals surface area contributed by atoms with Crippen LogP contribution >= 0.6 is 0 Å². The standard InChI is InChI=1S/C14H19BO3/c1-14(2,3)18-12-7-5-11(6-8-12)13(16)17-10-4-9-15/h5-8H,4,9-10H2,1-3H3. The highest BCUT2D eigenvalue weighted by molar-refractivity contribution is 6.08. The second-order valence-electron chi connectivity index (χ2n) is 5.02. The third-order valence-corrected chi connectivity index (χ3v) is 2.10. The molecule has 1 rings (SSSR count). The van der Waals surface area contributed by atoms with Crippen LogP contribution in [0.3, 0.4) is 0 Å². The Hall–Kier alpha value is -1.45. The van der Waals surface area contributed by atoms with Gasteiger partial charge in [-0.2, -0.15) is 0 Å². The van der Waals surface area contributed by atoms with Crippen molar-refractivity contribution in [1.29, 1.82) is 0 Å². The van der Waals surface area contributed by atoms with Crippen molar-refractivity contribution in [1.82, 2.24) is 0 Å². The Morgan fingerprint density at radius 1 is 1.22 bits per heavy atom. The zero-order valence-electron chi connectivity index (χ0n) is 11.2.